The monoisotopic (exact) mass is 739 g/mol. The van der Waals surface area contributed by atoms with E-state index in [1.807, 2.05) is 6.07 Å². The summed E-state index contributed by atoms with van der Waals surface area (Å²) in [6.45, 7) is 1.16. The first kappa shape index (κ1) is 38.4. The summed E-state index contributed by atoms with van der Waals surface area (Å²) in [6, 6.07) is 24.8. The van der Waals surface area contributed by atoms with Gasteiger partial charge in [0.1, 0.15) is 53.7 Å². The van der Waals surface area contributed by atoms with Crippen LogP contribution in [0.15, 0.2) is 97.1 Å². The minimum atomic E-state index is -1.20. The lowest BCUT2D eigenvalue weighted by atomic mass is 10.1. The molecule has 0 bridgehead atoms. The van der Waals surface area contributed by atoms with Gasteiger partial charge in [0.25, 0.3) is 0 Å². The predicted molar refractivity (Wildman–Crippen MR) is 191 cm³/mol. The fourth-order valence-electron chi connectivity index (χ4n) is 5.01. The lowest BCUT2D eigenvalue weighted by molar-refractivity contribution is 0.0680. The van der Waals surface area contributed by atoms with E-state index in [-0.39, 0.29) is 36.2 Å². The minimum absolute atomic E-state index is 0.120. The van der Waals surface area contributed by atoms with Gasteiger partial charge in [-0.25, -0.2) is 32.7 Å². The van der Waals surface area contributed by atoms with Crippen molar-refractivity contribution in [2.75, 3.05) is 26.4 Å². The molecule has 0 atom stereocenters. The minimum Gasteiger partial charge on any atom is -0.494 e. The molecule has 0 unspecified atom stereocenters. The summed E-state index contributed by atoms with van der Waals surface area (Å²) in [7, 11) is 0. The second-order valence-corrected chi connectivity index (χ2v) is 11.5. The van der Waals surface area contributed by atoms with Crippen LogP contribution in [0.2, 0.25) is 0 Å². The first-order valence-electron chi connectivity index (χ1n) is 16.5. The Hall–Kier alpha value is -6.88. The van der Waals surface area contributed by atoms with Crippen molar-refractivity contribution in [3.63, 3.8) is 0 Å². The van der Waals surface area contributed by atoms with Gasteiger partial charge >= 0.3 is 11.9 Å². The van der Waals surface area contributed by atoms with E-state index in [1.54, 1.807) is 36.4 Å². The van der Waals surface area contributed by atoms with E-state index in [0.29, 0.717) is 64.3 Å². The quantitative estimate of drug-likeness (QED) is 0.0976. The van der Waals surface area contributed by atoms with Crippen LogP contribution in [0.5, 0.6) is 23.0 Å². The van der Waals surface area contributed by atoms with Crippen molar-refractivity contribution in [3.05, 3.63) is 131 Å². The Kier molecular flexibility index (Phi) is 13.2. The second kappa shape index (κ2) is 18.6. The van der Waals surface area contributed by atoms with Crippen LogP contribution in [0.4, 0.5) is 13.2 Å². The Morgan fingerprint density at radius 2 is 0.981 bits per heavy atom. The summed E-state index contributed by atoms with van der Waals surface area (Å²) in [5.74, 6) is -1.89. The van der Waals surface area contributed by atoms with Gasteiger partial charge in [0.05, 0.1) is 35.9 Å². The third-order valence-corrected chi connectivity index (χ3v) is 7.63. The lowest BCUT2D eigenvalue weighted by Gasteiger charge is -2.11. The van der Waals surface area contributed by atoms with Crippen LogP contribution in [0.3, 0.4) is 0 Å². The van der Waals surface area contributed by atoms with Crippen molar-refractivity contribution in [2.45, 2.75) is 19.3 Å². The number of halogens is 3. The average Bonchev–Trinajstić information content (AvgIpc) is 3.17. The molecule has 4 aromatic carbocycles. The highest BCUT2D eigenvalue weighted by Gasteiger charge is 2.14. The number of unbranched alkanes of at least 4 members (excludes halogenated alkanes) is 2. The van der Waals surface area contributed by atoms with Gasteiger partial charge in [0.2, 0.25) is 0 Å². The fraction of sp³-hybridized carbons (Fsp3) is 0.175. The number of carboxylic acids is 2. The zero-order chi connectivity index (χ0) is 38.5. The Morgan fingerprint density at radius 3 is 1.48 bits per heavy atom. The Bertz CT molecular complexity index is 2280. The number of carbonyl (C=O) groups is 2. The summed E-state index contributed by atoms with van der Waals surface area (Å²) < 4.78 is 62.1. The molecular formula is C40H32F3N3O8. The molecule has 0 aliphatic heterocycles. The first-order valence-corrected chi connectivity index (χ1v) is 16.5. The number of fused-ring (bicyclic) bond motifs is 2. The number of benzene rings is 4. The lowest BCUT2D eigenvalue weighted by Crippen LogP contribution is -2.10. The number of ether oxygens (including phenoxy) is 4. The number of aromatic nitrogens is 2. The number of aromatic carboxylic acids is 2. The van der Waals surface area contributed by atoms with Crippen molar-refractivity contribution < 1.29 is 51.9 Å². The maximum atomic E-state index is 13.5. The Balaban J connectivity index is 0.000000208. The molecule has 0 aliphatic carbocycles. The van der Waals surface area contributed by atoms with Crippen LogP contribution in [0.1, 0.15) is 45.8 Å². The molecule has 0 saturated carbocycles. The molecule has 54 heavy (non-hydrogen) atoms. The Labute approximate surface area is 306 Å². The molecule has 2 heterocycles. The largest absolute Gasteiger partial charge is 0.494 e. The number of carboxylic acid groups (broad SMARTS) is 2. The van der Waals surface area contributed by atoms with Crippen LogP contribution in [0, 0.1) is 28.8 Å². The molecule has 276 valence electrons. The number of hydrogen-bond acceptors (Lipinski definition) is 9. The smallest absolute Gasteiger partial charge is 0.354 e. The van der Waals surface area contributed by atoms with Gasteiger partial charge in [0, 0.05) is 22.9 Å². The molecule has 11 nitrogen and oxygen atoms in total. The molecule has 0 fully saturated rings. The van der Waals surface area contributed by atoms with Crippen molar-refractivity contribution in [2.24, 2.45) is 0 Å². The van der Waals surface area contributed by atoms with Gasteiger partial charge < -0.3 is 29.2 Å². The zero-order valence-electron chi connectivity index (χ0n) is 28.5. The molecule has 0 radical (unpaired) electrons. The fourth-order valence-corrected chi connectivity index (χ4v) is 5.01. The maximum Gasteiger partial charge on any atom is 0.354 e. The topological polar surface area (TPSA) is 161 Å². The van der Waals surface area contributed by atoms with E-state index >= 15 is 0 Å². The van der Waals surface area contributed by atoms with Crippen molar-refractivity contribution in [1.82, 2.24) is 9.97 Å². The number of nitrogens with zero attached hydrogens (tertiary/aromatic N) is 3. The van der Waals surface area contributed by atoms with Crippen molar-refractivity contribution >= 4 is 33.7 Å². The SMILES string of the molecule is N#Cc1ccc(OCCOc2cc(C(=O)O)nc3ccc(F)cc23)cc1.O=C(O)c1cc(OCCCCCOc2ccc(F)cc2)c2cc(F)ccc2n1. The summed E-state index contributed by atoms with van der Waals surface area (Å²) in [5.41, 5.74) is 0.882. The number of rotatable bonds is 15. The molecule has 6 aromatic rings. The van der Waals surface area contributed by atoms with Crippen LogP contribution in [0.25, 0.3) is 21.8 Å². The molecule has 0 spiro atoms. The second-order valence-electron chi connectivity index (χ2n) is 11.5. The summed E-state index contributed by atoms with van der Waals surface area (Å²) >= 11 is 0. The highest BCUT2D eigenvalue weighted by atomic mass is 19.1. The summed E-state index contributed by atoms with van der Waals surface area (Å²) in [6.07, 6.45) is 2.32. The van der Waals surface area contributed by atoms with Gasteiger partial charge in [-0.05, 0) is 104 Å². The van der Waals surface area contributed by atoms with Gasteiger partial charge in [-0.2, -0.15) is 5.26 Å². The van der Waals surface area contributed by atoms with Crippen LogP contribution < -0.4 is 18.9 Å². The Morgan fingerprint density at radius 1 is 0.556 bits per heavy atom. The molecule has 0 aliphatic rings. The van der Waals surface area contributed by atoms with Crippen LogP contribution in [-0.4, -0.2) is 58.5 Å². The molecule has 0 amide bonds. The van der Waals surface area contributed by atoms with E-state index in [9.17, 15) is 27.9 Å². The van der Waals surface area contributed by atoms with Gasteiger partial charge in [-0.15, -0.1) is 0 Å². The zero-order valence-corrected chi connectivity index (χ0v) is 28.5. The standard InChI is InChI=1S/C21H19F2NO4.C19H13FN2O4/c22-14-4-7-16(8-5-14)27-10-2-1-3-11-28-20-13-19(21(25)26)24-18-9-6-15(23)12-17(18)20;20-13-3-6-16-15(9-13)18(10-17(22-16)19(23)24)26-8-7-25-14-4-1-12(11-21)2-5-14/h4-9,12-13H,1-3,10-11H2,(H,25,26);1-6,9-10H,7-8H2,(H,23,24). The van der Waals surface area contributed by atoms with E-state index < -0.39 is 23.6 Å². The van der Waals surface area contributed by atoms with Gasteiger partial charge in [-0.3, -0.25) is 0 Å². The maximum absolute atomic E-state index is 13.5. The van der Waals surface area contributed by atoms with Crippen molar-refractivity contribution in [3.8, 4) is 29.1 Å². The van der Waals surface area contributed by atoms with E-state index in [1.165, 1.54) is 60.7 Å². The van der Waals surface area contributed by atoms with Gasteiger partial charge in [0.15, 0.2) is 11.4 Å². The number of hydrogen-bond donors (Lipinski definition) is 2. The third-order valence-electron chi connectivity index (χ3n) is 7.63. The van der Waals surface area contributed by atoms with Crippen LogP contribution in [-0.2, 0) is 0 Å². The summed E-state index contributed by atoms with van der Waals surface area (Å²) in [4.78, 5) is 30.4. The third kappa shape index (κ3) is 10.8. The van der Waals surface area contributed by atoms with E-state index in [2.05, 4.69) is 9.97 Å². The predicted octanol–water partition coefficient (Wildman–Crippen LogP) is 8.24. The molecule has 14 heteroatoms. The van der Waals surface area contributed by atoms with E-state index in [4.69, 9.17) is 29.3 Å². The average molecular weight is 740 g/mol. The van der Waals surface area contributed by atoms with Crippen molar-refractivity contribution in [1.29, 1.82) is 5.26 Å². The number of pyridine rings is 2. The molecular weight excluding hydrogens is 707 g/mol. The molecule has 2 N–H and O–H groups in total. The molecule has 2 aromatic heterocycles. The highest BCUT2D eigenvalue weighted by Crippen LogP contribution is 2.28. The van der Waals surface area contributed by atoms with Crippen LogP contribution >= 0.6 is 0 Å². The summed E-state index contributed by atoms with van der Waals surface area (Å²) in [5, 5.41) is 27.9. The van der Waals surface area contributed by atoms with Gasteiger partial charge in [-0.1, -0.05) is 0 Å². The highest BCUT2D eigenvalue weighted by molar-refractivity contribution is 5.94. The molecule has 6 rings (SSSR count). The number of nitriles is 1. The first-order chi connectivity index (χ1) is 26.1. The van der Waals surface area contributed by atoms with E-state index in [0.717, 1.165) is 12.8 Å². The normalized spacial score (nSPS) is 10.6. The molecule has 0 saturated heterocycles.